The number of ether oxygens (including phenoxy) is 1. The van der Waals surface area contributed by atoms with Gasteiger partial charge in [0.1, 0.15) is 0 Å². The van der Waals surface area contributed by atoms with Crippen molar-refractivity contribution in [1.82, 2.24) is 10.2 Å². The van der Waals surface area contributed by atoms with E-state index in [1.54, 1.807) is 4.90 Å². The molecule has 1 aromatic carbocycles. The SMILES string of the molecule is CC(C)C1Oc2ccc(Br)cc2C(C(=O)NC(C)(C)C)N(CCC2=[CH][In][CH]=C2)C1=O. The zero-order valence-corrected chi connectivity index (χ0v) is 23.1. The van der Waals surface area contributed by atoms with Gasteiger partial charge in [-0.15, -0.1) is 0 Å². The number of hydrogen-bond acceptors (Lipinski definition) is 3. The molecule has 0 saturated carbocycles. The van der Waals surface area contributed by atoms with Crippen molar-refractivity contribution in [2.24, 2.45) is 5.92 Å². The number of rotatable bonds is 5. The summed E-state index contributed by atoms with van der Waals surface area (Å²) in [4.78, 5) is 28.8. The fraction of sp³-hybridized carbons (Fsp3) is 0.478. The van der Waals surface area contributed by atoms with Crippen molar-refractivity contribution in [2.45, 2.75) is 58.7 Å². The number of allylic oxidation sites excluding steroid dienone is 1. The second-order valence-corrected chi connectivity index (χ2v) is 13.2. The number of amides is 2. The number of fused-ring (bicyclic) bond motifs is 1. The first kappa shape index (κ1) is 23.5. The van der Waals surface area contributed by atoms with Crippen LogP contribution >= 0.6 is 15.9 Å². The third kappa shape index (κ3) is 5.53. The molecule has 2 heterocycles. The summed E-state index contributed by atoms with van der Waals surface area (Å²) in [6.45, 7) is 10.3. The molecule has 0 fully saturated rings. The van der Waals surface area contributed by atoms with Crippen LogP contribution in [0.2, 0.25) is 0 Å². The number of carbonyl (C=O) groups excluding carboxylic acids is 2. The summed E-state index contributed by atoms with van der Waals surface area (Å²) >= 11 is 2.83. The predicted molar refractivity (Wildman–Crippen MR) is 123 cm³/mol. The summed E-state index contributed by atoms with van der Waals surface area (Å²) in [6, 6.07) is 4.89. The van der Waals surface area contributed by atoms with Gasteiger partial charge in [-0.05, 0) is 0 Å². The fourth-order valence-corrected chi connectivity index (χ4v) is 6.91. The third-order valence-electron chi connectivity index (χ3n) is 5.08. The van der Waals surface area contributed by atoms with Gasteiger partial charge in [0.15, 0.2) is 0 Å². The molecular formula is C23H29BrInN2O3. The van der Waals surface area contributed by atoms with Crippen molar-refractivity contribution in [3.05, 3.63) is 47.5 Å². The van der Waals surface area contributed by atoms with Crippen LogP contribution in [0.25, 0.3) is 0 Å². The van der Waals surface area contributed by atoms with Crippen LogP contribution in [0.3, 0.4) is 0 Å². The number of halogens is 1. The van der Waals surface area contributed by atoms with Gasteiger partial charge < -0.3 is 0 Å². The van der Waals surface area contributed by atoms with Crippen LogP contribution in [0.5, 0.6) is 5.75 Å². The zero-order valence-electron chi connectivity index (χ0n) is 18.2. The van der Waals surface area contributed by atoms with E-state index in [1.807, 2.05) is 52.8 Å². The molecule has 2 atom stereocenters. The van der Waals surface area contributed by atoms with Crippen molar-refractivity contribution in [1.29, 1.82) is 0 Å². The van der Waals surface area contributed by atoms with Crippen molar-refractivity contribution >= 4 is 50.7 Å². The Morgan fingerprint density at radius 2 is 2.07 bits per heavy atom. The minimum absolute atomic E-state index is 0.0124. The summed E-state index contributed by atoms with van der Waals surface area (Å²) in [5.74, 6) is 0.270. The summed E-state index contributed by atoms with van der Waals surface area (Å²) in [5, 5.41) is 3.08. The molecule has 0 aromatic heterocycles. The normalized spacial score (nSPS) is 21.0. The maximum absolute atomic E-state index is 13.6. The molecule has 1 N–H and O–H groups in total. The van der Waals surface area contributed by atoms with Crippen LogP contribution in [0.1, 0.15) is 52.6 Å². The molecule has 30 heavy (non-hydrogen) atoms. The number of nitrogens with zero attached hydrogens (tertiary/aromatic N) is 1. The second kappa shape index (κ2) is 9.51. The topological polar surface area (TPSA) is 58.6 Å². The van der Waals surface area contributed by atoms with Crippen molar-refractivity contribution in [3.8, 4) is 5.75 Å². The van der Waals surface area contributed by atoms with Gasteiger partial charge in [0.2, 0.25) is 0 Å². The van der Waals surface area contributed by atoms with Gasteiger partial charge in [0, 0.05) is 0 Å². The van der Waals surface area contributed by atoms with Gasteiger partial charge in [0.05, 0.1) is 0 Å². The molecule has 3 rings (SSSR count). The Kier molecular flexibility index (Phi) is 7.44. The molecule has 2 aliphatic heterocycles. The Labute approximate surface area is 198 Å². The molecule has 2 unspecified atom stereocenters. The molecule has 0 spiro atoms. The molecule has 159 valence electrons. The van der Waals surface area contributed by atoms with Crippen LogP contribution in [0.4, 0.5) is 0 Å². The molecule has 0 saturated heterocycles. The molecule has 5 nitrogen and oxygen atoms in total. The number of hydrogen-bond donors (Lipinski definition) is 1. The van der Waals surface area contributed by atoms with E-state index >= 15 is 0 Å². The average Bonchev–Trinajstić information content (AvgIpc) is 3.11. The molecule has 1 aromatic rings. The van der Waals surface area contributed by atoms with Crippen LogP contribution in [-0.4, -0.2) is 57.8 Å². The van der Waals surface area contributed by atoms with Crippen molar-refractivity contribution < 1.29 is 14.3 Å². The van der Waals surface area contributed by atoms with E-state index < -0.39 is 40.6 Å². The van der Waals surface area contributed by atoms with E-state index in [-0.39, 0.29) is 17.7 Å². The molecular weight excluding hydrogens is 547 g/mol. The summed E-state index contributed by atoms with van der Waals surface area (Å²) in [7, 11) is 0. The molecule has 0 bridgehead atoms. The van der Waals surface area contributed by atoms with E-state index in [0.29, 0.717) is 12.3 Å². The second-order valence-electron chi connectivity index (χ2n) is 9.18. The van der Waals surface area contributed by atoms with E-state index in [0.717, 1.165) is 16.5 Å². The van der Waals surface area contributed by atoms with Gasteiger partial charge in [-0.25, -0.2) is 0 Å². The third-order valence-corrected chi connectivity index (χ3v) is 8.53. The quantitative estimate of drug-likeness (QED) is 0.574. The van der Waals surface area contributed by atoms with Crippen LogP contribution in [0, 0.1) is 5.92 Å². The molecule has 2 aliphatic rings. The molecule has 7 heteroatoms. The van der Waals surface area contributed by atoms with Gasteiger partial charge in [0.25, 0.3) is 0 Å². The fourth-order valence-electron chi connectivity index (χ4n) is 3.70. The summed E-state index contributed by atoms with van der Waals surface area (Å²) < 4.78 is 11.7. The minimum atomic E-state index is -0.735. The summed E-state index contributed by atoms with van der Waals surface area (Å²) in [5.41, 5.74) is 1.59. The monoisotopic (exact) mass is 575 g/mol. The first-order chi connectivity index (χ1) is 14.1. The zero-order chi connectivity index (χ0) is 22.1. The predicted octanol–water partition coefficient (Wildman–Crippen LogP) is 4.16. The van der Waals surface area contributed by atoms with Crippen molar-refractivity contribution in [2.75, 3.05) is 6.54 Å². The Hall–Kier alpha value is -1.21. The van der Waals surface area contributed by atoms with E-state index in [2.05, 4.69) is 35.0 Å². The van der Waals surface area contributed by atoms with Gasteiger partial charge in [-0.2, -0.15) is 0 Å². The van der Waals surface area contributed by atoms with Crippen LogP contribution in [0.15, 0.2) is 42.0 Å². The Morgan fingerprint density at radius 3 is 2.67 bits per heavy atom. The van der Waals surface area contributed by atoms with Crippen molar-refractivity contribution in [3.63, 3.8) is 0 Å². The first-order valence-corrected chi connectivity index (χ1v) is 15.0. The number of carbonyl (C=O) groups is 2. The average molecular weight is 576 g/mol. The molecule has 2 amide bonds. The standard InChI is InChI=1S/C23H29BrN2O3.In/c1-8-15(4)11-12-26-19(21(27)25-23(5,6)7)17-13-16(24)9-10-18(17)29-20(14(2)3)22(26)28;/h1,4,8-10,13-14,19-20H,11-12H2,2-3,5-7H3,(H,25,27);. The first-order valence-electron chi connectivity index (χ1n) is 10.4. The Bertz CT molecular complexity index is 889. The Morgan fingerprint density at radius 1 is 1.33 bits per heavy atom. The summed E-state index contributed by atoms with van der Waals surface area (Å²) in [6.07, 6.45) is 2.30. The number of nitrogens with one attached hydrogen (secondary N) is 1. The van der Waals surface area contributed by atoms with Gasteiger partial charge in [-0.3, -0.25) is 0 Å². The van der Waals surface area contributed by atoms with Crippen LogP contribution in [-0.2, 0) is 9.59 Å². The molecule has 1 radical (unpaired) electrons. The van der Waals surface area contributed by atoms with E-state index in [9.17, 15) is 9.59 Å². The van der Waals surface area contributed by atoms with Crippen LogP contribution < -0.4 is 10.1 Å². The van der Waals surface area contributed by atoms with E-state index in [4.69, 9.17) is 4.74 Å². The van der Waals surface area contributed by atoms with Gasteiger partial charge in [-0.1, -0.05) is 0 Å². The Balaban J connectivity index is 2.07. The maximum atomic E-state index is 13.6. The molecule has 0 aliphatic carbocycles. The van der Waals surface area contributed by atoms with Gasteiger partial charge >= 0.3 is 200 Å². The van der Waals surface area contributed by atoms with E-state index in [1.165, 1.54) is 5.57 Å². The number of benzene rings is 1.